The lowest BCUT2D eigenvalue weighted by molar-refractivity contribution is -0.145. The van der Waals surface area contributed by atoms with Crippen LogP contribution in [0.4, 0.5) is 0 Å². The van der Waals surface area contributed by atoms with E-state index in [4.69, 9.17) is 15.6 Å². The summed E-state index contributed by atoms with van der Waals surface area (Å²) in [5, 5.41) is 12.4. The number of nitrogens with two attached hydrogens (primary N) is 1. The number of esters is 1. The Morgan fingerprint density at radius 1 is 0.806 bits per heavy atom. The van der Waals surface area contributed by atoms with Gasteiger partial charge in [0, 0.05) is 6.42 Å². The summed E-state index contributed by atoms with van der Waals surface area (Å²) in [7, 11) is -2.08. The molecule has 160 valence electrons. The predicted molar refractivity (Wildman–Crippen MR) is 126 cm³/mol. The van der Waals surface area contributed by atoms with Crippen LogP contribution in [-0.4, -0.2) is 35.9 Å². The van der Waals surface area contributed by atoms with Crippen molar-refractivity contribution >= 4 is 35.1 Å². The summed E-state index contributed by atoms with van der Waals surface area (Å²) in [5.74, 6) is -1.54. The van der Waals surface area contributed by atoms with Crippen LogP contribution in [-0.2, 0) is 14.3 Å². The van der Waals surface area contributed by atoms with E-state index in [9.17, 15) is 9.59 Å². The topological polar surface area (TPSA) is 89.6 Å². The maximum absolute atomic E-state index is 12.3. The predicted octanol–water partition coefficient (Wildman–Crippen LogP) is 2.72. The number of aliphatic carboxylic acids is 1. The molecule has 0 amide bonds. The molecule has 0 aliphatic heterocycles. The van der Waals surface area contributed by atoms with E-state index in [1.54, 1.807) is 0 Å². The molecule has 3 aromatic carbocycles. The lowest BCUT2D eigenvalue weighted by Gasteiger charge is -2.27. The second-order valence-corrected chi connectivity index (χ2v) is 10.9. The Bertz CT molecular complexity index is 884. The lowest BCUT2D eigenvalue weighted by atomic mass is 10.2. The Hall–Kier alpha value is -3.01. The SMILES string of the molecule is NC(CCC(=O)O)C(=O)OCC[P+](c1ccccc1)(c1ccccc1)c1ccccc1. The van der Waals surface area contributed by atoms with E-state index in [2.05, 4.69) is 36.4 Å². The first-order chi connectivity index (χ1) is 15.0. The largest absolute Gasteiger partial charge is 0.481 e. The third-order valence-electron chi connectivity index (χ3n) is 5.23. The summed E-state index contributed by atoms with van der Waals surface area (Å²) >= 11 is 0. The minimum atomic E-state index is -2.08. The fourth-order valence-corrected chi connectivity index (χ4v) is 7.75. The van der Waals surface area contributed by atoms with Crippen LogP contribution in [0, 0.1) is 0 Å². The summed E-state index contributed by atoms with van der Waals surface area (Å²) in [6, 6.07) is 30.0. The maximum atomic E-state index is 12.3. The third-order valence-corrected chi connectivity index (χ3v) is 9.63. The van der Waals surface area contributed by atoms with Crippen molar-refractivity contribution in [3.05, 3.63) is 91.0 Å². The number of hydrogen-bond donors (Lipinski definition) is 2. The number of hydrogen-bond acceptors (Lipinski definition) is 4. The molecular formula is C25H27NO4P+. The van der Waals surface area contributed by atoms with Crippen molar-refractivity contribution < 1.29 is 19.4 Å². The highest BCUT2D eigenvalue weighted by Crippen LogP contribution is 2.54. The van der Waals surface area contributed by atoms with Crippen molar-refractivity contribution in [1.82, 2.24) is 0 Å². The van der Waals surface area contributed by atoms with Gasteiger partial charge in [-0.1, -0.05) is 54.6 Å². The molecule has 0 spiro atoms. The van der Waals surface area contributed by atoms with Gasteiger partial charge in [0.2, 0.25) is 0 Å². The zero-order valence-electron chi connectivity index (χ0n) is 17.3. The second kappa shape index (κ2) is 10.9. The number of ether oxygens (including phenoxy) is 1. The molecule has 0 fully saturated rings. The summed E-state index contributed by atoms with van der Waals surface area (Å²) < 4.78 is 5.53. The molecule has 0 heterocycles. The first-order valence-corrected chi connectivity index (χ1v) is 12.2. The molecule has 0 aliphatic carbocycles. The Morgan fingerprint density at radius 3 is 1.61 bits per heavy atom. The first-order valence-electron chi connectivity index (χ1n) is 10.2. The summed E-state index contributed by atoms with van der Waals surface area (Å²) in [5.41, 5.74) is 5.82. The van der Waals surface area contributed by atoms with Gasteiger partial charge in [0.05, 0.1) is 0 Å². The van der Waals surface area contributed by atoms with Crippen molar-refractivity contribution in [2.75, 3.05) is 12.8 Å². The summed E-state index contributed by atoms with van der Waals surface area (Å²) in [6.45, 7) is 0.200. The Labute approximate surface area is 183 Å². The molecule has 3 rings (SSSR count). The van der Waals surface area contributed by atoms with Gasteiger partial charge in [0.1, 0.15) is 42.0 Å². The molecule has 0 saturated heterocycles. The average Bonchev–Trinajstić information content (AvgIpc) is 2.82. The zero-order valence-corrected chi connectivity index (χ0v) is 18.2. The molecule has 0 bridgehead atoms. The van der Waals surface area contributed by atoms with Gasteiger partial charge in [0.25, 0.3) is 0 Å². The Kier molecular flexibility index (Phi) is 7.94. The van der Waals surface area contributed by atoms with Gasteiger partial charge in [-0.15, -0.1) is 0 Å². The van der Waals surface area contributed by atoms with Crippen molar-refractivity contribution in [2.45, 2.75) is 18.9 Å². The molecule has 31 heavy (non-hydrogen) atoms. The Morgan fingerprint density at radius 2 is 1.23 bits per heavy atom. The van der Waals surface area contributed by atoms with Crippen LogP contribution in [0.2, 0.25) is 0 Å². The highest BCUT2D eigenvalue weighted by molar-refractivity contribution is 7.95. The summed E-state index contributed by atoms with van der Waals surface area (Å²) in [4.78, 5) is 23.1. The number of rotatable bonds is 10. The summed E-state index contributed by atoms with van der Waals surface area (Å²) in [6.07, 6.45) is 0.526. The van der Waals surface area contributed by atoms with Crippen molar-refractivity contribution in [1.29, 1.82) is 0 Å². The van der Waals surface area contributed by atoms with Crippen LogP contribution >= 0.6 is 7.26 Å². The fourth-order valence-electron chi connectivity index (χ4n) is 3.67. The van der Waals surface area contributed by atoms with Gasteiger partial charge in [-0.25, -0.2) is 0 Å². The number of carboxylic acids is 1. The van der Waals surface area contributed by atoms with E-state index >= 15 is 0 Å². The van der Waals surface area contributed by atoms with Gasteiger partial charge >= 0.3 is 11.9 Å². The first kappa shape index (κ1) is 22.7. The third kappa shape index (κ3) is 5.57. The number of carbonyl (C=O) groups is 2. The minimum absolute atomic E-state index is 0.0600. The molecular weight excluding hydrogens is 409 g/mol. The van der Waals surface area contributed by atoms with Crippen LogP contribution in [0.1, 0.15) is 12.8 Å². The minimum Gasteiger partial charge on any atom is -0.481 e. The van der Waals surface area contributed by atoms with Crippen molar-refractivity contribution in [3.63, 3.8) is 0 Å². The second-order valence-electron chi connectivity index (χ2n) is 7.25. The molecule has 0 radical (unpaired) electrons. The van der Waals surface area contributed by atoms with E-state index in [1.165, 1.54) is 15.9 Å². The van der Waals surface area contributed by atoms with Gasteiger partial charge in [0.15, 0.2) is 0 Å². The van der Waals surface area contributed by atoms with Crippen LogP contribution < -0.4 is 21.6 Å². The monoisotopic (exact) mass is 436 g/mol. The molecule has 1 atom stereocenters. The molecule has 0 aliphatic rings. The number of benzene rings is 3. The number of carbonyl (C=O) groups excluding carboxylic acids is 1. The van der Waals surface area contributed by atoms with E-state index in [1.807, 2.05) is 54.6 Å². The van der Waals surface area contributed by atoms with E-state index in [0.29, 0.717) is 6.16 Å². The van der Waals surface area contributed by atoms with Crippen LogP contribution in [0.25, 0.3) is 0 Å². The molecule has 0 saturated carbocycles. The smallest absolute Gasteiger partial charge is 0.323 e. The van der Waals surface area contributed by atoms with Gasteiger partial charge in [-0.3, -0.25) is 9.59 Å². The van der Waals surface area contributed by atoms with Crippen LogP contribution in [0.3, 0.4) is 0 Å². The van der Waals surface area contributed by atoms with E-state index in [-0.39, 0.29) is 19.4 Å². The Balaban J connectivity index is 1.91. The highest BCUT2D eigenvalue weighted by Gasteiger charge is 2.45. The molecule has 1 unspecified atom stereocenters. The van der Waals surface area contributed by atoms with Crippen molar-refractivity contribution in [2.24, 2.45) is 5.73 Å². The molecule has 3 aromatic rings. The van der Waals surface area contributed by atoms with Crippen molar-refractivity contribution in [3.8, 4) is 0 Å². The highest BCUT2D eigenvalue weighted by atomic mass is 31.2. The lowest BCUT2D eigenvalue weighted by Crippen LogP contribution is -2.37. The average molecular weight is 436 g/mol. The quantitative estimate of drug-likeness (QED) is 0.377. The van der Waals surface area contributed by atoms with E-state index in [0.717, 1.165) is 0 Å². The zero-order chi connectivity index (χ0) is 22.1. The van der Waals surface area contributed by atoms with Gasteiger partial charge in [-0.2, -0.15) is 0 Å². The van der Waals surface area contributed by atoms with Gasteiger partial charge < -0.3 is 15.6 Å². The van der Waals surface area contributed by atoms with Crippen LogP contribution in [0.15, 0.2) is 91.0 Å². The molecule has 5 nitrogen and oxygen atoms in total. The maximum Gasteiger partial charge on any atom is 0.323 e. The fraction of sp³-hybridized carbons (Fsp3) is 0.200. The molecule has 0 aromatic heterocycles. The van der Waals surface area contributed by atoms with Crippen LogP contribution in [0.5, 0.6) is 0 Å². The normalized spacial score (nSPS) is 12.2. The standard InChI is InChI=1S/C25H26NO4P/c26-23(16-17-24(27)28)25(29)30-18-19-31(20-10-4-1-5-11-20,21-12-6-2-7-13-21)22-14-8-3-9-15-22/h1-15,23H,16-19,26H2/p+1. The van der Waals surface area contributed by atoms with Gasteiger partial charge in [-0.05, 0) is 42.8 Å². The number of carboxylic acid groups (broad SMARTS) is 1. The molecule has 3 N–H and O–H groups in total. The van der Waals surface area contributed by atoms with E-state index < -0.39 is 25.2 Å². The molecule has 6 heteroatoms.